The van der Waals surface area contributed by atoms with E-state index in [1.165, 1.54) is 27.8 Å². The highest BCUT2D eigenvalue weighted by molar-refractivity contribution is 5.82. The Bertz CT molecular complexity index is 1070. The molecule has 0 aliphatic rings. The zero-order valence-corrected chi connectivity index (χ0v) is 17.3. The lowest BCUT2D eigenvalue weighted by Gasteiger charge is -2.22. The molecular weight excluding hydrogens is 350 g/mol. The first-order valence-corrected chi connectivity index (χ1v) is 10.1. The molecule has 1 N–H and O–H groups in total. The lowest BCUT2D eigenvalue weighted by Crippen LogP contribution is -2.11. The summed E-state index contributed by atoms with van der Waals surface area (Å²) < 4.78 is 0. The van der Waals surface area contributed by atoms with Gasteiger partial charge in [-0.25, -0.2) is 0 Å². The average Bonchev–Trinajstić information content (AvgIpc) is 2.75. The average molecular weight is 378 g/mol. The highest BCUT2D eigenvalue weighted by Crippen LogP contribution is 2.35. The van der Waals surface area contributed by atoms with E-state index in [1.807, 2.05) is 6.07 Å². The Morgan fingerprint density at radius 2 is 1.10 bits per heavy atom. The van der Waals surface area contributed by atoms with Crippen molar-refractivity contribution in [1.29, 1.82) is 0 Å². The predicted molar refractivity (Wildman–Crippen MR) is 126 cm³/mol. The summed E-state index contributed by atoms with van der Waals surface area (Å²) in [6, 6.07) is 36.5. The van der Waals surface area contributed by atoms with Crippen LogP contribution in [0.2, 0.25) is 0 Å². The second-order valence-electron chi connectivity index (χ2n) is 8.44. The fourth-order valence-corrected chi connectivity index (χ4v) is 3.51. The normalized spacial score (nSPS) is 11.3. The molecule has 29 heavy (non-hydrogen) atoms. The van der Waals surface area contributed by atoms with Gasteiger partial charge < -0.3 is 5.32 Å². The molecule has 0 heterocycles. The van der Waals surface area contributed by atoms with Crippen LogP contribution in [0.15, 0.2) is 103 Å². The third-order valence-corrected chi connectivity index (χ3v) is 5.24. The monoisotopic (exact) mass is 377 g/mol. The minimum absolute atomic E-state index is 0.111. The van der Waals surface area contributed by atoms with E-state index in [1.54, 1.807) is 0 Å². The van der Waals surface area contributed by atoms with Gasteiger partial charge in [0.25, 0.3) is 0 Å². The highest BCUT2D eigenvalue weighted by Gasteiger charge is 2.16. The van der Waals surface area contributed by atoms with E-state index in [2.05, 4.69) is 123 Å². The minimum Gasteiger partial charge on any atom is -0.355 e. The first-order chi connectivity index (χ1) is 14.0. The van der Waals surface area contributed by atoms with Crippen molar-refractivity contribution in [1.82, 2.24) is 0 Å². The molecule has 1 nitrogen and oxygen atoms in total. The molecule has 4 aromatic carbocycles. The van der Waals surface area contributed by atoms with Crippen LogP contribution in [0.3, 0.4) is 0 Å². The van der Waals surface area contributed by atoms with Crippen LogP contribution in [0.5, 0.6) is 0 Å². The summed E-state index contributed by atoms with van der Waals surface area (Å²) in [6.45, 7) is 6.77. The maximum Gasteiger partial charge on any atom is 0.0464 e. The molecule has 4 rings (SSSR count). The molecule has 0 saturated heterocycles. The standard InChI is InChI=1S/C28H27N/c1-28(2,3)24-16-19-27(26(20-24)23-12-8-5-9-13-23)29-25-17-14-22(15-18-25)21-10-6-4-7-11-21/h4-20,29H,1-3H3. The number of benzene rings is 4. The molecule has 0 aromatic heterocycles. The fourth-order valence-electron chi connectivity index (χ4n) is 3.51. The quantitative estimate of drug-likeness (QED) is 0.379. The van der Waals surface area contributed by atoms with Gasteiger partial charge >= 0.3 is 0 Å². The van der Waals surface area contributed by atoms with Gasteiger partial charge in [-0.3, -0.25) is 0 Å². The smallest absolute Gasteiger partial charge is 0.0464 e. The number of nitrogens with one attached hydrogen (secondary N) is 1. The van der Waals surface area contributed by atoms with Gasteiger partial charge in [0.2, 0.25) is 0 Å². The second kappa shape index (κ2) is 7.97. The number of anilines is 2. The van der Waals surface area contributed by atoms with E-state index in [9.17, 15) is 0 Å². The van der Waals surface area contributed by atoms with E-state index < -0.39 is 0 Å². The molecule has 4 aromatic rings. The lowest BCUT2D eigenvalue weighted by molar-refractivity contribution is 0.590. The van der Waals surface area contributed by atoms with Gasteiger partial charge in [0.05, 0.1) is 0 Å². The van der Waals surface area contributed by atoms with Crippen molar-refractivity contribution in [3.8, 4) is 22.3 Å². The summed E-state index contributed by atoms with van der Waals surface area (Å²) >= 11 is 0. The van der Waals surface area contributed by atoms with Crippen molar-refractivity contribution in [2.45, 2.75) is 26.2 Å². The van der Waals surface area contributed by atoms with Gasteiger partial charge in [-0.2, -0.15) is 0 Å². The summed E-state index contributed by atoms with van der Waals surface area (Å²) in [4.78, 5) is 0. The van der Waals surface area contributed by atoms with Crippen molar-refractivity contribution in [3.05, 3.63) is 109 Å². The topological polar surface area (TPSA) is 12.0 Å². The Morgan fingerprint density at radius 1 is 0.552 bits per heavy atom. The molecule has 0 aliphatic heterocycles. The van der Waals surface area contributed by atoms with Gasteiger partial charge in [0, 0.05) is 16.9 Å². The van der Waals surface area contributed by atoms with E-state index in [0.29, 0.717) is 0 Å². The Labute approximate surface area is 174 Å². The molecule has 0 amide bonds. The highest BCUT2D eigenvalue weighted by atomic mass is 14.9. The van der Waals surface area contributed by atoms with Gasteiger partial charge in [-0.1, -0.05) is 99.6 Å². The summed E-state index contributed by atoms with van der Waals surface area (Å²) in [6.07, 6.45) is 0. The third-order valence-electron chi connectivity index (χ3n) is 5.24. The summed E-state index contributed by atoms with van der Waals surface area (Å²) in [5, 5.41) is 3.63. The second-order valence-corrected chi connectivity index (χ2v) is 8.44. The van der Waals surface area contributed by atoms with Crippen LogP contribution in [0.1, 0.15) is 26.3 Å². The van der Waals surface area contributed by atoms with E-state index in [-0.39, 0.29) is 5.41 Å². The van der Waals surface area contributed by atoms with Crippen LogP contribution in [0.25, 0.3) is 22.3 Å². The van der Waals surface area contributed by atoms with Crippen LogP contribution in [0, 0.1) is 0 Å². The maximum absolute atomic E-state index is 3.63. The number of rotatable bonds is 4. The van der Waals surface area contributed by atoms with Crippen LogP contribution in [0.4, 0.5) is 11.4 Å². The molecule has 0 unspecified atom stereocenters. The number of hydrogen-bond acceptors (Lipinski definition) is 1. The maximum atomic E-state index is 3.63. The van der Waals surface area contributed by atoms with Gasteiger partial charge in [-0.15, -0.1) is 0 Å². The lowest BCUT2D eigenvalue weighted by atomic mass is 9.85. The fraction of sp³-hybridized carbons (Fsp3) is 0.143. The number of hydrogen-bond donors (Lipinski definition) is 1. The SMILES string of the molecule is CC(C)(C)c1ccc(Nc2ccc(-c3ccccc3)cc2)c(-c2ccccc2)c1. The Morgan fingerprint density at radius 3 is 1.69 bits per heavy atom. The first-order valence-electron chi connectivity index (χ1n) is 10.1. The summed E-state index contributed by atoms with van der Waals surface area (Å²) in [5.41, 5.74) is 8.57. The van der Waals surface area contributed by atoms with Crippen LogP contribution in [-0.4, -0.2) is 0 Å². The molecular formula is C28H27N. The van der Waals surface area contributed by atoms with Crippen molar-refractivity contribution >= 4 is 11.4 Å². The third kappa shape index (κ3) is 4.41. The predicted octanol–water partition coefficient (Wildman–Crippen LogP) is 8.06. The van der Waals surface area contributed by atoms with Crippen LogP contribution >= 0.6 is 0 Å². The molecule has 0 fully saturated rings. The van der Waals surface area contributed by atoms with Gasteiger partial charge in [0.1, 0.15) is 0 Å². The molecule has 0 radical (unpaired) electrons. The van der Waals surface area contributed by atoms with Crippen molar-refractivity contribution in [3.63, 3.8) is 0 Å². The van der Waals surface area contributed by atoms with Gasteiger partial charge in [0.15, 0.2) is 0 Å². The molecule has 144 valence electrons. The Balaban J connectivity index is 1.68. The van der Waals surface area contributed by atoms with Crippen molar-refractivity contribution in [2.75, 3.05) is 5.32 Å². The van der Waals surface area contributed by atoms with E-state index >= 15 is 0 Å². The van der Waals surface area contributed by atoms with E-state index in [4.69, 9.17) is 0 Å². The Kier molecular flexibility index (Phi) is 5.22. The van der Waals surface area contributed by atoms with E-state index in [0.717, 1.165) is 11.4 Å². The van der Waals surface area contributed by atoms with Crippen molar-refractivity contribution < 1.29 is 0 Å². The zero-order valence-electron chi connectivity index (χ0n) is 17.3. The molecule has 0 atom stereocenters. The molecule has 1 heteroatoms. The van der Waals surface area contributed by atoms with Crippen molar-refractivity contribution in [2.24, 2.45) is 0 Å². The molecule has 0 saturated carbocycles. The molecule has 0 bridgehead atoms. The van der Waals surface area contributed by atoms with Crippen LogP contribution in [-0.2, 0) is 5.41 Å². The summed E-state index contributed by atoms with van der Waals surface area (Å²) in [7, 11) is 0. The molecule has 0 spiro atoms. The first kappa shape index (κ1) is 19.0. The Hall–Kier alpha value is -3.32. The summed E-state index contributed by atoms with van der Waals surface area (Å²) in [5.74, 6) is 0. The van der Waals surface area contributed by atoms with Crippen LogP contribution < -0.4 is 5.32 Å². The zero-order chi connectivity index (χ0) is 20.3. The largest absolute Gasteiger partial charge is 0.355 e. The van der Waals surface area contributed by atoms with Gasteiger partial charge in [-0.05, 0) is 51.9 Å². The minimum atomic E-state index is 0.111. The molecule has 0 aliphatic carbocycles.